The fourth-order valence-corrected chi connectivity index (χ4v) is 4.61. The fourth-order valence-electron chi connectivity index (χ4n) is 3.92. The highest BCUT2D eigenvalue weighted by Gasteiger charge is 2.28. The maximum Gasteiger partial charge on any atom is 0.354 e. The Balaban J connectivity index is 1.82. The molecule has 2 aromatic rings. The Morgan fingerprint density at radius 2 is 1.94 bits per heavy atom. The number of ketones is 1. The molecule has 3 heterocycles. The number of Topliss-reactive ketones (excluding diaryl/α,β-unsaturated/α-hetero) is 1. The second-order valence-electron chi connectivity index (χ2n) is 7.57. The van der Waals surface area contributed by atoms with Crippen LogP contribution in [-0.4, -0.2) is 85.1 Å². The molecule has 0 N–H and O–H groups in total. The van der Waals surface area contributed by atoms with Crippen LogP contribution in [0.3, 0.4) is 0 Å². The Morgan fingerprint density at radius 1 is 1.23 bits per heavy atom. The van der Waals surface area contributed by atoms with Crippen LogP contribution in [0.4, 0.5) is 0 Å². The summed E-state index contributed by atoms with van der Waals surface area (Å²) < 4.78 is 11.9. The van der Waals surface area contributed by atoms with E-state index in [1.54, 1.807) is 36.4 Å². The van der Waals surface area contributed by atoms with Gasteiger partial charge in [-0.3, -0.25) is 14.5 Å². The zero-order valence-electron chi connectivity index (χ0n) is 18.5. The van der Waals surface area contributed by atoms with E-state index >= 15 is 0 Å². The third-order valence-corrected chi connectivity index (χ3v) is 6.59. The summed E-state index contributed by atoms with van der Waals surface area (Å²) in [6, 6.07) is 3.60. The molecule has 0 bridgehead atoms. The molecule has 1 aliphatic rings. The van der Waals surface area contributed by atoms with E-state index in [9.17, 15) is 14.4 Å². The monoisotopic (exact) mass is 447 g/mol. The second kappa shape index (κ2) is 10.2. The summed E-state index contributed by atoms with van der Waals surface area (Å²) in [4.78, 5) is 43.0. The Morgan fingerprint density at radius 3 is 2.55 bits per heavy atom. The first-order valence-electron chi connectivity index (χ1n) is 10.2. The van der Waals surface area contributed by atoms with E-state index in [0.717, 1.165) is 13.1 Å². The van der Waals surface area contributed by atoms with Gasteiger partial charge >= 0.3 is 5.97 Å². The molecule has 0 radical (unpaired) electrons. The molecule has 1 fully saturated rings. The third kappa shape index (κ3) is 5.06. The molecule has 1 aliphatic heterocycles. The SMILES string of the molecule is COC(=O)c1c(C)c(C(=O)CN(CCN2CCOCC2)C(=O)c2cccs2)c(C)n1C. The van der Waals surface area contributed by atoms with Crippen molar-refractivity contribution < 1.29 is 23.9 Å². The Kier molecular flexibility index (Phi) is 7.64. The van der Waals surface area contributed by atoms with Gasteiger partial charge in [-0.05, 0) is 30.9 Å². The summed E-state index contributed by atoms with van der Waals surface area (Å²) in [6.07, 6.45) is 0. The van der Waals surface area contributed by atoms with Crippen LogP contribution in [0, 0.1) is 13.8 Å². The van der Waals surface area contributed by atoms with Crippen molar-refractivity contribution in [3.05, 3.63) is 44.9 Å². The molecule has 0 unspecified atom stereocenters. The topological polar surface area (TPSA) is 81.1 Å². The average molecular weight is 448 g/mol. The Hall–Kier alpha value is -2.49. The first-order valence-corrected chi connectivity index (χ1v) is 11.1. The lowest BCUT2D eigenvalue weighted by molar-refractivity contribution is 0.0324. The number of methoxy groups -OCH3 is 1. The lowest BCUT2D eigenvalue weighted by Crippen LogP contribution is -2.44. The van der Waals surface area contributed by atoms with Crippen molar-refractivity contribution in [3.63, 3.8) is 0 Å². The summed E-state index contributed by atoms with van der Waals surface area (Å²) in [6.45, 7) is 7.59. The van der Waals surface area contributed by atoms with Gasteiger partial charge in [0, 0.05) is 44.5 Å². The second-order valence-corrected chi connectivity index (χ2v) is 8.51. The van der Waals surface area contributed by atoms with Gasteiger partial charge in [0.1, 0.15) is 5.69 Å². The molecule has 0 atom stereocenters. The van der Waals surface area contributed by atoms with Gasteiger partial charge in [0.15, 0.2) is 5.78 Å². The lowest BCUT2D eigenvalue weighted by Gasteiger charge is -2.29. The standard InChI is InChI=1S/C22H29N3O5S/c1-15-19(16(2)23(3)20(15)22(28)29-4)17(26)14-25(21(27)18-6-5-13-31-18)8-7-24-9-11-30-12-10-24/h5-6,13H,7-12,14H2,1-4H3. The molecule has 0 saturated carbocycles. The van der Waals surface area contributed by atoms with Crippen LogP contribution in [0.2, 0.25) is 0 Å². The van der Waals surface area contributed by atoms with Gasteiger partial charge in [0.2, 0.25) is 0 Å². The minimum atomic E-state index is -0.485. The number of thiophene rings is 1. The minimum Gasteiger partial charge on any atom is -0.464 e. The number of nitrogens with zero attached hydrogens (tertiary/aromatic N) is 3. The predicted octanol–water partition coefficient (Wildman–Crippen LogP) is 2.15. The zero-order chi connectivity index (χ0) is 22.5. The van der Waals surface area contributed by atoms with Gasteiger partial charge in [-0.15, -0.1) is 11.3 Å². The molecule has 168 valence electrons. The number of aromatic nitrogens is 1. The summed E-state index contributed by atoms with van der Waals surface area (Å²) in [5.41, 5.74) is 2.08. The quantitative estimate of drug-likeness (QED) is 0.456. The summed E-state index contributed by atoms with van der Waals surface area (Å²) in [7, 11) is 3.05. The van der Waals surface area contributed by atoms with Crippen molar-refractivity contribution in [1.82, 2.24) is 14.4 Å². The van der Waals surface area contributed by atoms with E-state index in [2.05, 4.69) is 4.90 Å². The highest BCUT2D eigenvalue weighted by molar-refractivity contribution is 7.12. The van der Waals surface area contributed by atoms with Gasteiger partial charge in [-0.1, -0.05) is 6.07 Å². The molecule has 1 amide bonds. The molecular formula is C22H29N3O5S. The number of esters is 1. The first kappa shape index (κ1) is 23.2. The van der Waals surface area contributed by atoms with Crippen molar-refractivity contribution >= 4 is 29.0 Å². The molecule has 9 heteroatoms. The number of amides is 1. The van der Waals surface area contributed by atoms with Crippen LogP contribution in [0.15, 0.2) is 17.5 Å². The van der Waals surface area contributed by atoms with Crippen LogP contribution in [0.5, 0.6) is 0 Å². The Bertz CT molecular complexity index is 945. The van der Waals surface area contributed by atoms with E-state index in [4.69, 9.17) is 9.47 Å². The molecule has 3 rings (SSSR count). The van der Waals surface area contributed by atoms with E-state index in [1.165, 1.54) is 18.4 Å². The van der Waals surface area contributed by atoms with E-state index in [1.807, 2.05) is 11.4 Å². The number of morpholine rings is 1. The first-order chi connectivity index (χ1) is 14.8. The highest BCUT2D eigenvalue weighted by Crippen LogP contribution is 2.23. The van der Waals surface area contributed by atoms with Crippen LogP contribution in [0.25, 0.3) is 0 Å². The van der Waals surface area contributed by atoms with Crippen LogP contribution < -0.4 is 0 Å². The normalized spacial score (nSPS) is 14.5. The molecular weight excluding hydrogens is 418 g/mol. The van der Waals surface area contributed by atoms with Crippen molar-refractivity contribution in [3.8, 4) is 0 Å². The van der Waals surface area contributed by atoms with Gasteiger partial charge in [0.05, 0.1) is 31.7 Å². The smallest absolute Gasteiger partial charge is 0.354 e. The maximum absolute atomic E-state index is 13.3. The van der Waals surface area contributed by atoms with E-state index in [0.29, 0.717) is 53.7 Å². The molecule has 1 saturated heterocycles. The van der Waals surface area contributed by atoms with Crippen molar-refractivity contribution in [2.75, 3.05) is 53.0 Å². The summed E-state index contributed by atoms with van der Waals surface area (Å²) in [5.74, 6) is -0.829. The molecule has 0 spiro atoms. The Labute approximate surface area is 186 Å². The summed E-state index contributed by atoms with van der Waals surface area (Å²) >= 11 is 1.36. The number of carbonyl (C=O) groups excluding carboxylic acids is 3. The number of rotatable bonds is 8. The zero-order valence-corrected chi connectivity index (χ0v) is 19.3. The van der Waals surface area contributed by atoms with Crippen LogP contribution in [0.1, 0.15) is 41.8 Å². The van der Waals surface area contributed by atoms with Crippen LogP contribution >= 0.6 is 11.3 Å². The molecule has 2 aromatic heterocycles. The van der Waals surface area contributed by atoms with E-state index < -0.39 is 5.97 Å². The van der Waals surface area contributed by atoms with Gasteiger partial charge in [0.25, 0.3) is 5.91 Å². The highest BCUT2D eigenvalue weighted by atomic mass is 32.1. The predicted molar refractivity (Wildman–Crippen MR) is 118 cm³/mol. The van der Waals surface area contributed by atoms with Gasteiger partial charge < -0.3 is 18.9 Å². The van der Waals surface area contributed by atoms with Crippen molar-refractivity contribution in [2.45, 2.75) is 13.8 Å². The largest absolute Gasteiger partial charge is 0.464 e. The van der Waals surface area contributed by atoms with E-state index in [-0.39, 0.29) is 18.2 Å². The van der Waals surface area contributed by atoms with Gasteiger partial charge in [-0.2, -0.15) is 0 Å². The number of hydrogen-bond donors (Lipinski definition) is 0. The third-order valence-electron chi connectivity index (χ3n) is 5.73. The maximum atomic E-state index is 13.3. The molecule has 31 heavy (non-hydrogen) atoms. The van der Waals surface area contributed by atoms with Crippen molar-refractivity contribution in [1.29, 1.82) is 0 Å². The molecule has 0 aliphatic carbocycles. The van der Waals surface area contributed by atoms with Crippen LogP contribution in [-0.2, 0) is 16.5 Å². The lowest BCUT2D eigenvalue weighted by atomic mass is 10.0. The number of hydrogen-bond acceptors (Lipinski definition) is 7. The average Bonchev–Trinajstić information content (AvgIpc) is 3.38. The fraction of sp³-hybridized carbons (Fsp3) is 0.500. The summed E-state index contributed by atoms with van der Waals surface area (Å²) in [5, 5.41) is 1.85. The number of carbonyl (C=O) groups is 3. The van der Waals surface area contributed by atoms with Gasteiger partial charge in [-0.25, -0.2) is 4.79 Å². The molecule has 8 nitrogen and oxygen atoms in total. The number of ether oxygens (including phenoxy) is 2. The van der Waals surface area contributed by atoms with Crippen molar-refractivity contribution in [2.24, 2.45) is 7.05 Å². The molecule has 0 aromatic carbocycles. The minimum absolute atomic E-state index is 0.0482.